The van der Waals surface area contributed by atoms with Gasteiger partial charge in [-0.3, -0.25) is 4.79 Å². The highest BCUT2D eigenvalue weighted by Gasteiger charge is 2.15. The Morgan fingerprint density at radius 2 is 1.77 bits per heavy atom. The van der Waals surface area contributed by atoms with Crippen molar-refractivity contribution in [3.05, 3.63) is 29.8 Å². The Balaban J connectivity index is 0.00000841. The quantitative estimate of drug-likeness (QED) is 0.168. The Morgan fingerprint density at radius 3 is 2.40 bits per heavy atom. The first kappa shape index (κ1) is 28.0. The van der Waals surface area contributed by atoms with Crippen LogP contribution in [0.2, 0.25) is 0 Å². The smallest absolute Gasteiger partial charge is 0.407 e. The van der Waals surface area contributed by atoms with Crippen molar-refractivity contribution in [2.75, 3.05) is 25.0 Å². The van der Waals surface area contributed by atoms with E-state index in [-0.39, 0.29) is 29.9 Å². The monoisotopic (exact) mass is 533 g/mol. The lowest BCUT2D eigenvalue weighted by Crippen LogP contribution is -2.42. The summed E-state index contributed by atoms with van der Waals surface area (Å²) in [6.07, 6.45) is 0.882. The van der Waals surface area contributed by atoms with E-state index in [1.807, 2.05) is 58.9 Å². The van der Waals surface area contributed by atoms with Crippen LogP contribution in [0.4, 0.5) is 10.5 Å². The van der Waals surface area contributed by atoms with Crippen LogP contribution in [-0.2, 0) is 16.1 Å². The maximum absolute atomic E-state index is 11.7. The van der Waals surface area contributed by atoms with Gasteiger partial charge in [0.05, 0.1) is 6.54 Å². The second-order valence-corrected chi connectivity index (χ2v) is 7.55. The van der Waals surface area contributed by atoms with Crippen LogP contribution in [0.25, 0.3) is 0 Å². The lowest BCUT2D eigenvalue weighted by atomic mass is 10.2. The first-order valence-electron chi connectivity index (χ1n) is 10.1. The van der Waals surface area contributed by atoms with Gasteiger partial charge in [-0.05, 0) is 51.8 Å². The molecule has 1 aromatic carbocycles. The molecule has 0 fully saturated rings. The van der Waals surface area contributed by atoms with Gasteiger partial charge in [0.25, 0.3) is 0 Å². The molecule has 0 atom stereocenters. The second-order valence-electron chi connectivity index (χ2n) is 7.55. The molecule has 8 nitrogen and oxygen atoms in total. The van der Waals surface area contributed by atoms with Crippen LogP contribution in [0.3, 0.4) is 0 Å². The number of halogens is 1. The lowest BCUT2D eigenvalue weighted by Gasteiger charge is -2.19. The van der Waals surface area contributed by atoms with Gasteiger partial charge < -0.3 is 26.0 Å². The minimum absolute atomic E-state index is 0. The topological polar surface area (TPSA) is 104 Å². The zero-order valence-electron chi connectivity index (χ0n) is 18.6. The minimum atomic E-state index is -0.515. The van der Waals surface area contributed by atoms with E-state index in [0.717, 1.165) is 24.2 Å². The summed E-state index contributed by atoms with van der Waals surface area (Å²) in [5, 5.41) is 11.9. The number of carbonyl (C=O) groups excluding carboxylic acids is 2. The fourth-order valence-corrected chi connectivity index (χ4v) is 2.37. The van der Waals surface area contributed by atoms with E-state index in [9.17, 15) is 9.59 Å². The summed E-state index contributed by atoms with van der Waals surface area (Å²) in [5.41, 5.74) is 1.25. The average Bonchev–Trinajstić information content (AvgIpc) is 2.62. The van der Waals surface area contributed by atoms with Gasteiger partial charge >= 0.3 is 6.09 Å². The number of anilines is 1. The SMILES string of the molecule is CCCC(=O)Nc1cccc(CN=C(NCC)NCCNC(=O)OC(C)(C)C)c1.I. The zero-order chi connectivity index (χ0) is 21.7. The molecule has 0 saturated carbocycles. The van der Waals surface area contributed by atoms with E-state index >= 15 is 0 Å². The molecule has 0 aliphatic rings. The fourth-order valence-electron chi connectivity index (χ4n) is 2.37. The molecule has 1 aromatic rings. The summed E-state index contributed by atoms with van der Waals surface area (Å²) in [6, 6.07) is 7.65. The number of ether oxygens (including phenoxy) is 1. The third-order valence-electron chi connectivity index (χ3n) is 3.54. The van der Waals surface area contributed by atoms with E-state index < -0.39 is 11.7 Å². The number of alkyl carbamates (subject to hydrolysis) is 1. The van der Waals surface area contributed by atoms with Gasteiger partial charge in [0.15, 0.2) is 5.96 Å². The molecule has 0 spiro atoms. The van der Waals surface area contributed by atoms with Gasteiger partial charge in [-0.1, -0.05) is 19.1 Å². The van der Waals surface area contributed by atoms with Crippen molar-refractivity contribution in [3.63, 3.8) is 0 Å². The van der Waals surface area contributed by atoms with Gasteiger partial charge in [0.1, 0.15) is 5.60 Å². The van der Waals surface area contributed by atoms with E-state index in [2.05, 4.69) is 26.3 Å². The van der Waals surface area contributed by atoms with Gasteiger partial charge in [0, 0.05) is 31.7 Å². The highest BCUT2D eigenvalue weighted by molar-refractivity contribution is 14.0. The highest BCUT2D eigenvalue weighted by Crippen LogP contribution is 2.12. The number of carbonyl (C=O) groups is 2. The Bertz CT molecular complexity index is 689. The molecule has 0 aliphatic carbocycles. The van der Waals surface area contributed by atoms with Crippen molar-refractivity contribution in [3.8, 4) is 0 Å². The van der Waals surface area contributed by atoms with E-state index in [4.69, 9.17) is 4.74 Å². The molecule has 0 unspecified atom stereocenters. The molecule has 2 amide bonds. The number of aliphatic imine (C=N–C) groups is 1. The van der Waals surface area contributed by atoms with Gasteiger partial charge in [-0.2, -0.15) is 0 Å². The van der Waals surface area contributed by atoms with Crippen molar-refractivity contribution >= 4 is 47.6 Å². The summed E-state index contributed by atoms with van der Waals surface area (Å²) in [5.74, 6) is 0.666. The zero-order valence-corrected chi connectivity index (χ0v) is 21.0. The third-order valence-corrected chi connectivity index (χ3v) is 3.54. The molecule has 170 valence electrons. The summed E-state index contributed by atoms with van der Waals surface area (Å²) in [7, 11) is 0. The minimum Gasteiger partial charge on any atom is -0.444 e. The normalized spacial score (nSPS) is 11.2. The maximum Gasteiger partial charge on any atom is 0.407 e. The number of amides is 2. The number of hydrogen-bond donors (Lipinski definition) is 4. The van der Waals surface area contributed by atoms with Crippen molar-refractivity contribution in [2.45, 2.75) is 59.6 Å². The van der Waals surface area contributed by atoms with Crippen molar-refractivity contribution in [1.82, 2.24) is 16.0 Å². The van der Waals surface area contributed by atoms with Crippen molar-refractivity contribution in [1.29, 1.82) is 0 Å². The van der Waals surface area contributed by atoms with E-state index in [0.29, 0.717) is 32.0 Å². The standard InChI is InChI=1S/C21H35N5O3.HI/c1-6-9-18(27)26-17-11-8-10-16(14-17)15-25-19(22-7-2)23-12-13-24-20(28)29-21(3,4)5;/h8,10-11,14H,6-7,9,12-13,15H2,1-5H3,(H,24,28)(H,26,27)(H2,22,23,25);1H. The summed E-state index contributed by atoms with van der Waals surface area (Å²) in [4.78, 5) is 28.0. The average molecular weight is 533 g/mol. The van der Waals surface area contributed by atoms with Crippen LogP contribution in [0.1, 0.15) is 53.0 Å². The fraction of sp³-hybridized carbons (Fsp3) is 0.571. The summed E-state index contributed by atoms with van der Waals surface area (Å²) < 4.78 is 5.20. The largest absolute Gasteiger partial charge is 0.444 e. The second kappa shape index (κ2) is 14.9. The van der Waals surface area contributed by atoms with Crippen molar-refractivity contribution in [2.24, 2.45) is 4.99 Å². The molecule has 1 rings (SSSR count). The molecule has 0 bridgehead atoms. The molecule has 0 radical (unpaired) electrons. The van der Waals surface area contributed by atoms with Crippen LogP contribution in [0, 0.1) is 0 Å². The first-order chi connectivity index (χ1) is 13.7. The number of nitrogens with one attached hydrogen (secondary N) is 4. The molecule has 4 N–H and O–H groups in total. The first-order valence-corrected chi connectivity index (χ1v) is 10.1. The molecule has 0 aromatic heterocycles. The molecule has 0 heterocycles. The van der Waals surface area contributed by atoms with Crippen molar-refractivity contribution < 1.29 is 14.3 Å². The Morgan fingerprint density at radius 1 is 1.07 bits per heavy atom. The Labute approximate surface area is 197 Å². The van der Waals surface area contributed by atoms with Crippen LogP contribution in [0.15, 0.2) is 29.3 Å². The number of guanidine groups is 1. The van der Waals surface area contributed by atoms with Crippen LogP contribution in [0.5, 0.6) is 0 Å². The Hall–Kier alpha value is -2.04. The summed E-state index contributed by atoms with van der Waals surface area (Å²) >= 11 is 0. The molecular formula is C21H36IN5O3. The predicted octanol–water partition coefficient (Wildman–Crippen LogP) is 3.62. The maximum atomic E-state index is 11.7. The molecule has 0 saturated heterocycles. The van der Waals surface area contributed by atoms with Gasteiger partial charge in [-0.15, -0.1) is 24.0 Å². The third kappa shape index (κ3) is 13.2. The van der Waals surface area contributed by atoms with E-state index in [1.165, 1.54) is 0 Å². The number of rotatable bonds is 9. The Kier molecular flexibility index (Phi) is 13.9. The van der Waals surface area contributed by atoms with E-state index in [1.54, 1.807) is 0 Å². The molecular weight excluding hydrogens is 497 g/mol. The molecule has 0 aliphatic heterocycles. The highest BCUT2D eigenvalue weighted by atomic mass is 127. The molecule has 9 heteroatoms. The number of nitrogens with zero attached hydrogens (tertiary/aromatic N) is 1. The number of hydrogen-bond acceptors (Lipinski definition) is 4. The van der Waals surface area contributed by atoms with Crippen LogP contribution >= 0.6 is 24.0 Å². The number of benzene rings is 1. The van der Waals surface area contributed by atoms with Crippen LogP contribution < -0.4 is 21.3 Å². The lowest BCUT2D eigenvalue weighted by molar-refractivity contribution is -0.116. The predicted molar refractivity (Wildman–Crippen MR) is 132 cm³/mol. The van der Waals surface area contributed by atoms with Gasteiger partial charge in [0.2, 0.25) is 5.91 Å². The van der Waals surface area contributed by atoms with Crippen LogP contribution in [-0.4, -0.2) is 43.2 Å². The molecule has 30 heavy (non-hydrogen) atoms. The van der Waals surface area contributed by atoms with Gasteiger partial charge in [-0.25, -0.2) is 9.79 Å². The summed E-state index contributed by atoms with van der Waals surface area (Å²) in [6.45, 7) is 11.5.